The summed E-state index contributed by atoms with van der Waals surface area (Å²) in [5, 5.41) is 9.35. The molecule has 7 aromatic carbocycles. The largest absolute Gasteiger partial charge is 0.455 e. The number of furan rings is 1. The van der Waals surface area contributed by atoms with E-state index in [4.69, 9.17) is 14.4 Å². The summed E-state index contributed by atoms with van der Waals surface area (Å²) in [5.41, 5.74) is 9.85. The molecule has 3 heteroatoms. The van der Waals surface area contributed by atoms with E-state index in [0.29, 0.717) is 0 Å². The van der Waals surface area contributed by atoms with Crippen LogP contribution in [0.4, 0.5) is 0 Å². The predicted molar refractivity (Wildman–Crippen MR) is 196 cm³/mol. The van der Waals surface area contributed by atoms with Gasteiger partial charge in [0.15, 0.2) is 0 Å². The molecule has 10 rings (SSSR count). The average Bonchev–Trinajstić information content (AvgIpc) is 3.52. The van der Waals surface area contributed by atoms with Crippen molar-refractivity contribution in [2.45, 2.75) is 0 Å². The Morgan fingerprint density at radius 2 is 0.915 bits per heavy atom. The molecular formula is C44H26N2O. The predicted octanol–water partition coefficient (Wildman–Crippen LogP) is 12.0. The van der Waals surface area contributed by atoms with Crippen molar-refractivity contribution in [3.05, 3.63) is 158 Å². The van der Waals surface area contributed by atoms with Crippen LogP contribution in [0.3, 0.4) is 0 Å². The molecule has 0 atom stereocenters. The van der Waals surface area contributed by atoms with Gasteiger partial charge in [-0.25, -0.2) is 9.97 Å². The zero-order chi connectivity index (χ0) is 30.9. The summed E-state index contributed by atoms with van der Waals surface area (Å²) in [6, 6.07) is 55.6. The van der Waals surface area contributed by atoms with Gasteiger partial charge in [0.2, 0.25) is 0 Å². The summed E-state index contributed by atoms with van der Waals surface area (Å²) in [6.07, 6.45) is 0. The second-order valence-electron chi connectivity index (χ2n) is 12.2. The average molecular weight is 599 g/mol. The highest BCUT2D eigenvalue weighted by atomic mass is 16.3. The summed E-state index contributed by atoms with van der Waals surface area (Å²) < 4.78 is 6.30. The molecule has 0 radical (unpaired) electrons. The molecule has 0 saturated carbocycles. The van der Waals surface area contributed by atoms with Gasteiger partial charge < -0.3 is 4.42 Å². The monoisotopic (exact) mass is 598 g/mol. The maximum absolute atomic E-state index is 6.30. The molecule has 0 fully saturated rings. The minimum absolute atomic E-state index is 0.907. The van der Waals surface area contributed by atoms with Gasteiger partial charge in [0.1, 0.15) is 11.2 Å². The van der Waals surface area contributed by atoms with Gasteiger partial charge in [-0.15, -0.1) is 0 Å². The van der Waals surface area contributed by atoms with E-state index in [0.717, 1.165) is 77.4 Å². The molecule has 0 aliphatic heterocycles. The molecule has 10 aromatic rings. The number of pyridine rings is 2. The van der Waals surface area contributed by atoms with Crippen molar-refractivity contribution in [3.63, 3.8) is 0 Å². The second-order valence-corrected chi connectivity index (χ2v) is 12.2. The normalized spacial score (nSPS) is 11.8. The van der Waals surface area contributed by atoms with Crippen LogP contribution < -0.4 is 0 Å². The fourth-order valence-electron chi connectivity index (χ4n) is 6.98. The Labute approximate surface area is 270 Å². The van der Waals surface area contributed by atoms with E-state index in [-0.39, 0.29) is 0 Å². The van der Waals surface area contributed by atoms with E-state index in [9.17, 15) is 0 Å². The molecule has 3 heterocycles. The standard InChI is InChI=1S/C44H26N2O/c1-2-7-32-25-35-26-34(19-18-33(35)24-31(32)6-1)40-23-21-30-17-16-29-20-22-39(45-42(29)43(30)46-40)28-14-12-27(13-15-28)36-9-5-10-38-37-8-3-4-11-41(37)47-44(36)38/h1-26H. The molecule has 0 aliphatic rings. The number of benzene rings is 7. The Morgan fingerprint density at radius 1 is 0.362 bits per heavy atom. The maximum Gasteiger partial charge on any atom is 0.143 e. The third kappa shape index (κ3) is 4.21. The van der Waals surface area contributed by atoms with Crippen LogP contribution in [0.5, 0.6) is 0 Å². The second kappa shape index (κ2) is 10.1. The van der Waals surface area contributed by atoms with Crippen LogP contribution in [0, 0.1) is 0 Å². The van der Waals surface area contributed by atoms with Gasteiger partial charge in [0, 0.05) is 38.2 Å². The molecule has 0 N–H and O–H groups in total. The third-order valence-corrected chi connectivity index (χ3v) is 9.42. The topological polar surface area (TPSA) is 38.9 Å². The van der Waals surface area contributed by atoms with Crippen molar-refractivity contribution in [1.82, 2.24) is 9.97 Å². The van der Waals surface area contributed by atoms with Gasteiger partial charge in [-0.3, -0.25) is 0 Å². The van der Waals surface area contributed by atoms with Crippen molar-refractivity contribution in [2.75, 3.05) is 0 Å². The SMILES string of the molecule is c1ccc2cc3cc(-c4ccc5ccc6ccc(-c7ccc(-c8cccc9c8oc8ccccc89)cc7)nc6c5n4)ccc3cc2c1. The van der Waals surface area contributed by atoms with E-state index in [1.54, 1.807) is 0 Å². The number of para-hydroxylation sites is 2. The van der Waals surface area contributed by atoms with Gasteiger partial charge in [-0.2, -0.15) is 0 Å². The third-order valence-electron chi connectivity index (χ3n) is 9.42. The Bertz CT molecular complexity index is 2850. The molecule has 0 unspecified atom stereocenters. The Morgan fingerprint density at radius 3 is 1.68 bits per heavy atom. The summed E-state index contributed by atoms with van der Waals surface area (Å²) >= 11 is 0. The fourth-order valence-corrected chi connectivity index (χ4v) is 6.98. The van der Waals surface area contributed by atoms with Gasteiger partial charge >= 0.3 is 0 Å². The lowest BCUT2D eigenvalue weighted by atomic mass is 9.99. The molecule has 218 valence electrons. The molecule has 3 aromatic heterocycles. The number of hydrogen-bond donors (Lipinski definition) is 0. The number of rotatable bonds is 3. The molecule has 47 heavy (non-hydrogen) atoms. The van der Waals surface area contributed by atoms with Gasteiger partial charge in [-0.05, 0) is 63.5 Å². The molecule has 0 bridgehead atoms. The number of aromatic nitrogens is 2. The van der Waals surface area contributed by atoms with Crippen molar-refractivity contribution < 1.29 is 4.42 Å². The lowest BCUT2D eigenvalue weighted by Gasteiger charge is -2.10. The summed E-state index contributed by atoms with van der Waals surface area (Å²) in [7, 11) is 0. The zero-order valence-electron chi connectivity index (χ0n) is 25.3. The van der Waals surface area contributed by atoms with Crippen molar-refractivity contribution in [2.24, 2.45) is 0 Å². The number of hydrogen-bond acceptors (Lipinski definition) is 3. The molecular weight excluding hydrogens is 572 g/mol. The first-order valence-corrected chi connectivity index (χ1v) is 15.9. The van der Waals surface area contributed by atoms with E-state index in [1.165, 1.54) is 21.5 Å². The van der Waals surface area contributed by atoms with Gasteiger partial charge in [-0.1, -0.05) is 121 Å². The van der Waals surface area contributed by atoms with Crippen LogP contribution in [0.15, 0.2) is 162 Å². The van der Waals surface area contributed by atoms with Gasteiger partial charge in [0.25, 0.3) is 0 Å². The van der Waals surface area contributed by atoms with Crippen LogP contribution in [0.1, 0.15) is 0 Å². The van der Waals surface area contributed by atoms with Crippen molar-refractivity contribution in [1.29, 1.82) is 0 Å². The van der Waals surface area contributed by atoms with Crippen LogP contribution >= 0.6 is 0 Å². The van der Waals surface area contributed by atoms with Crippen molar-refractivity contribution in [3.8, 4) is 33.6 Å². The maximum atomic E-state index is 6.30. The first-order chi connectivity index (χ1) is 23.2. The summed E-state index contributed by atoms with van der Waals surface area (Å²) in [6.45, 7) is 0. The Kier molecular flexibility index (Phi) is 5.57. The minimum atomic E-state index is 0.907. The van der Waals surface area contributed by atoms with E-state index in [2.05, 4.69) is 146 Å². The van der Waals surface area contributed by atoms with Crippen molar-refractivity contribution >= 4 is 65.3 Å². The first kappa shape index (κ1) is 26.0. The summed E-state index contributed by atoms with van der Waals surface area (Å²) in [4.78, 5) is 10.4. The van der Waals surface area contributed by atoms with E-state index >= 15 is 0 Å². The summed E-state index contributed by atoms with van der Waals surface area (Å²) in [5.74, 6) is 0. The minimum Gasteiger partial charge on any atom is -0.455 e. The smallest absolute Gasteiger partial charge is 0.143 e. The molecule has 3 nitrogen and oxygen atoms in total. The molecule has 0 saturated heterocycles. The lowest BCUT2D eigenvalue weighted by Crippen LogP contribution is -1.91. The quantitative estimate of drug-likeness (QED) is 0.150. The molecule has 0 spiro atoms. The van der Waals surface area contributed by atoms with Crippen LogP contribution in [-0.4, -0.2) is 9.97 Å². The Hall–Kier alpha value is -6.32. The van der Waals surface area contributed by atoms with Gasteiger partial charge in [0.05, 0.1) is 22.4 Å². The van der Waals surface area contributed by atoms with Crippen LogP contribution in [0.2, 0.25) is 0 Å². The highest BCUT2D eigenvalue weighted by molar-refractivity contribution is 6.10. The highest BCUT2D eigenvalue weighted by Crippen LogP contribution is 2.37. The zero-order valence-corrected chi connectivity index (χ0v) is 25.3. The lowest BCUT2D eigenvalue weighted by molar-refractivity contribution is 0.670. The molecule has 0 aliphatic carbocycles. The van der Waals surface area contributed by atoms with E-state index in [1.807, 2.05) is 12.1 Å². The molecule has 0 amide bonds. The Balaban J connectivity index is 1.05. The van der Waals surface area contributed by atoms with Crippen LogP contribution in [-0.2, 0) is 0 Å². The number of nitrogens with zero attached hydrogens (tertiary/aromatic N) is 2. The van der Waals surface area contributed by atoms with Crippen LogP contribution in [0.25, 0.3) is 98.9 Å². The fraction of sp³-hybridized carbons (Fsp3) is 0. The first-order valence-electron chi connectivity index (χ1n) is 15.9. The highest BCUT2D eigenvalue weighted by Gasteiger charge is 2.13. The van der Waals surface area contributed by atoms with E-state index < -0.39 is 0 Å². The number of fused-ring (bicyclic) bond motifs is 8.